The van der Waals surface area contributed by atoms with Gasteiger partial charge in [-0.1, -0.05) is 27.2 Å². The van der Waals surface area contributed by atoms with Crippen LogP contribution in [0.1, 0.15) is 64.9 Å². The summed E-state index contributed by atoms with van der Waals surface area (Å²) in [5, 5.41) is 8.44. The van der Waals surface area contributed by atoms with E-state index in [-0.39, 0.29) is 48.5 Å². The van der Waals surface area contributed by atoms with E-state index in [9.17, 15) is 24.0 Å². The van der Waals surface area contributed by atoms with Gasteiger partial charge in [-0.2, -0.15) is 4.98 Å². The Balaban J connectivity index is 1.81. The number of rotatable bonds is 11. The maximum Gasteiger partial charge on any atom is 0.328 e. The molecule has 4 N–H and O–H groups in total. The molecule has 2 atom stereocenters. The summed E-state index contributed by atoms with van der Waals surface area (Å²) in [7, 11) is 2.48. The second-order valence-electron chi connectivity index (χ2n) is 9.90. The summed E-state index contributed by atoms with van der Waals surface area (Å²) < 4.78 is 9.26. The highest BCUT2D eigenvalue weighted by Gasteiger charge is 2.26. The summed E-state index contributed by atoms with van der Waals surface area (Å²) in [5.74, 6) is -0.842. The largest absolute Gasteiger partial charge is 0.469 e. The van der Waals surface area contributed by atoms with E-state index in [1.165, 1.54) is 14.2 Å². The van der Waals surface area contributed by atoms with Gasteiger partial charge in [-0.3, -0.25) is 29.5 Å². The molecule has 2 amide bonds. The molecule has 0 spiro atoms. The van der Waals surface area contributed by atoms with Crippen molar-refractivity contribution in [3.63, 3.8) is 0 Å². The Morgan fingerprint density at radius 1 is 1.11 bits per heavy atom. The van der Waals surface area contributed by atoms with Crippen LogP contribution in [-0.4, -0.2) is 60.5 Å². The van der Waals surface area contributed by atoms with Gasteiger partial charge in [-0.15, -0.1) is 0 Å². The van der Waals surface area contributed by atoms with Gasteiger partial charge in [-0.25, -0.2) is 4.79 Å². The fourth-order valence-corrected chi connectivity index (χ4v) is 3.73. The summed E-state index contributed by atoms with van der Waals surface area (Å²) >= 11 is 0. The molecule has 2 heterocycles. The average Bonchev–Trinajstić information content (AvgIpc) is 2.83. The minimum absolute atomic E-state index is 0.00879. The van der Waals surface area contributed by atoms with Crippen LogP contribution in [0.2, 0.25) is 0 Å². The number of H-pyrrole nitrogens is 1. The molecule has 12 nitrogen and oxygen atoms in total. The van der Waals surface area contributed by atoms with Gasteiger partial charge < -0.3 is 20.1 Å². The molecule has 0 saturated carbocycles. The van der Waals surface area contributed by atoms with Gasteiger partial charge in [0.2, 0.25) is 17.8 Å². The number of carbonyl (C=O) groups excluding carboxylic acids is 4. The quantitative estimate of drug-likeness (QED) is 0.256. The number of amides is 2. The zero-order valence-corrected chi connectivity index (χ0v) is 21.6. The smallest absolute Gasteiger partial charge is 0.328 e. The summed E-state index contributed by atoms with van der Waals surface area (Å²) in [5.41, 5.74) is -0.362. The van der Waals surface area contributed by atoms with Crippen LogP contribution in [0, 0.1) is 11.3 Å². The Kier molecular flexibility index (Phi) is 10.4. The Bertz CT molecular complexity index is 1020. The molecule has 0 bridgehead atoms. The molecule has 12 heteroatoms. The highest BCUT2D eigenvalue weighted by Crippen LogP contribution is 2.24. The summed E-state index contributed by atoms with van der Waals surface area (Å²) in [4.78, 5) is 67.2. The Labute approximate surface area is 210 Å². The van der Waals surface area contributed by atoms with E-state index in [0.717, 1.165) is 12.8 Å². The number of nitrogens with one attached hydrogen (secondary N) is 4. The van der Waals surface area contributed by atoms with Gasteiger partial charge in [0, 0.05) is 24.8 Å². The van der Waals surface area contributed by atoms with Crippen LogP contribution in [0.25, 0.3) is 0 Å². The zero-order valence-electron chi connectivity index (χ0n) is 21.6. The van der Waals surface area contributed by atoms with Crippen molar-refractivity contribution >= 4 is 35.5 Å². The predicted octanol–water partition coefficient (Wildman–Crippen LogP) is 1.51. The number of nitrogens with zero attached hydrogens (tertiary/aromatic N) is 1. The fraction of sp³-hybridized carbons (Fsp3) is 0.667. The molecule has 2 rings (SSSR count). The lowest BCUT2D eigenvalue weighted by Crippen LogP contribution is -2.41. The number of anilines is 2. The number of ether oxygens (including phenoxy) is 2. The highest BCUT2D eigenvalue weighted by molar-refractivity contribution is 5.93. The van der Waals surface area contributed by atoms with Gasteiger partial charge in [0.25, 0.3) is 5.56 Å². The van der Waals surface area contributed by atoms with E-state index in [0.29, 0.717) is 30.8 Å². The number of methoxy groups -OCH3 is 2. The second-order valence-corrected chi connectivity index (χ2v) is 9.90. The first kappa shape index (κ1) is 28.8. The lowest BCUT2D eigenvalue weighted by Gasteiger charge is -2.25. The van der Waals surface area contributed by atoms with Crippen molar-refractivity contribution in [3.8, 4) is 0 Å². The van der Waals surface area contributed by atoms with Crippen molar-refractivity contribution in [2.45, 2.75) is 71.8 Å². The molecule has 1 aliphatic heterocycles. The van der Waals surface area contributed by atoms with Gasteiger partial charge in [-0.05, 0) is 31.6 Å². The van der Waals surface area contributed by atoms with E-state index in [2.05, 4.69) is 30.7 Å². The highest BCUT2D eigenvalue weighted by atomic mass is 16.5. The normalized spacial score (nSPS) is 15.6. The van der Waals surface area contributed by atoms with Gasteiger partial charge >= 0.3 is 11.9 Å². The van der Waals surface area contributed by atoms with Crippen LogP contribution >= 0.6 is 0 Å². The molecule has 1 aromatic heterocycles. The van der Waals surface area contributed by atoms with E-state index >= 15 is 0 Å². The average molecular weight is 508 g/mol. The Morgan fingerprint density at radius 2 is 1.83 bits per heavy atom. The molecule has 0 saturated heterocycles. The van der Waals surface area contributed by atoms with Crippen molar-refractivity contribution in [2.24, 2.45) is 11.3 Å². The minimum Gasteiger partial charge on any atom is -0.469 e. The molecule has 200 valence electrons. The Morgan fingerprint density at radius 3 is 2.47 bits per heavy atom. The van der Waals surface area contributed by atoms with Crippen molar-refractivity contribution in [3.05, 3.63) is 15.9 Å². The SMILES string of the molecule is COC(=O)CC[C@H](NC(=O)CCCCC1CNc2nc(NC(=O)C(C)(C)C)[nH]c(=O)c2C1)C(=O)OC. The molecule has 0 fully saturated rings. The number of hydrogen-bond acceptors (Lipinski definition) is 9. The van der Waals surface area contributed by atoms with Crippen molar-refractivity contribution in [2.75, 3.05) is 31.4 Å². The van der Waals surface area contributed by atoms with E-state index in [4.69, 9.17) is 4.74 Å². The van der Waals surface area contributed by atoms with Crippen LogP contribution in [0.15, 0.2) is 4.79 Å². The van der Waals surface area contributed by atoms with E-state index in [1.54, 1.807) is 20.8 Å². The Hall–Kier alpha value is -3.44. The molecular weight excluding hydrogens is 470 g/mol. The summed E-state index contributed by atoms with van der Waals surface area (Å²) in [6.07, 6.45) is 3.01. The number of carbonyl (C=O) groups is 4. The number of fused-ring (bicyclic) bond motifs is 1. The molecule has 0 aliphatic carbocycles. The van der Waals surface area contributed by atoms with E-state index in [1.807, 2.05) is 0 Å². The zero-order chi connectivity index (χ0) is 26.9. The van der Waals surface area contributed by atoms with Crippen LogP contribution in [0.5, 0.6) is 0 Å². The van der Waals surface area contributed by atoms with Gasteiger partial charge in [0.1, 0.15) is 11.9 Å². The van der Waals surface area contributed by atoms with Crippen LogP contribution < -0.4 is 21.5 Å². The molecular formula is C24H37N5O7. The number of unbranched alkanes of at least 4 members (excludes halogenated alkanes) is 1. The number of esters is 2. The standard InChI is InChI=1S/C24H37N5O7/c1-24(2,3)22(34)29-23-27-19-15(20(32)28-23)12-14(13-25-19)8-6-7-9-17(30)26-16(21(33)36-5)10-11-18(31)35-4/h14,16H,6-13H2,1-5H3,(H,26,30)(H3,25,27,28,29,32,34)/t14?,16-/m0/s1. The number of aromatic nitrogens is 2. The maximum absolute atomic E-state index is 12.6. The third kappa shape index (κ3) is 8.65. The number of aromatic amines is 1. The van der Waals surface area contributed by atoms with Crippen molar-refractivity contribution in [1.82, 2.24) is 15.3 Å². The molecule has 0 aromatic carbocycles. The molecule has 36 heavy (non-hydrogen) atoms. The summed E-state index contributed by atoms with van der Waals surface area (Å²) in [6, 6.07) is -0.905. The van der Waals surface area contributed by atoms with Gasteiger partial charge in [0.05, 0.1) is 19.8 Å². The second kappa shape index (κ2) is 13.0. The third-order valence-corrected chi connectivity index (χ3v) is 5.93. The first-order valence-electron chi connectivity index (χ1n) is 12.1. The number of hydrogen-bond donors (Lipinski definition) is 4. The van der Waals surface area contributed by atoms with Crippen LogP contribution in [0.3, 0.4) is 0 Å². The molecule has 0 radical (unpaired) electrons. The fourth-order valence-electron chi connectivity index (χ4n) is 3.73. The van der Waals surface area contributed by atoms with Crippen LogP contribution in [-0.2, 0) is 35.1 Å². The van der Waals surface area contributed by atoms with Gasteiger partial charge in [0.15, 0.2) is 0 Å². The minimum atomic E-state index is -0.905. The molecule has 1 aliphatic rings. The van der Waals surface area contributed by atoms with Crippen molar-refractivity contribution in [1.29, 1.82) is 0 Å². The topological polar surface area (TPSA) is 169 Å². The first-order valence-corrected chi connectivity index (χ1v) is 12.1. The first-order chi connectivity index (χ1) is 16.9. The lowest BCUT2D eigenvalue weighted by molar-refractivity contribution is -0.146. The van der Waals surface area contributed by atoms with Crippen molar-refractivity contribution < 1.29 is 28.7 Å². The molecule has 1 unspecified atom stereocenters. The molecule has 1 aromatic rings. The maximum atomic E-state index is 12.6. The van der Waals surface area contributed by atoms with E-state index < -0.39 is 23.4 Å². The third-order valence-electron chi connectivity index (χ3n) is 5.93. The van der Waals surface area contributed by atoms with Crippen LogP contribution in [0.4, 0.5) is 11.8 Å². The monoisotopic (exact) mass is 507 g/mol. The summed E-state index contributed by atoms with van der Waals surface area (Å²) in [6.45, 7) is 5.94. The predicted molar refractivity (Wildman–Crippen MR) is 132 cm³/mol. The lowest BCUT2D eigenvalue weighted by atomic mass is 9.91.